The molecule has 0 saturated carbocycles. The average Bonchev–Trinajstić information content (AvgIpc) is 3.00. The molecule has 2 aromatic carbocycles. The molecule has 2 N–H and O–H groups in total. The van der Waals surface area contributed by atoms with Gasteiger partial charge in [-0.3, -0.25) is 0 Å². The van der Waals surface area contributed by atoms with Gasteiger partial charge in [0.2, 0.25) is 0 Å². The first-order valence-corrected chi connectivity index (χ1v) is 6.52. The molecule has 0 aliphatic rings. The number of rotatable bonds is 4. The van der Waals surface area contributed by atoms with Crippen LogP contribution in [0, 0.1) is 0 Å². The predicted molar refractivity (Wildman–Crippen MR) is 81.0 cm³/mol. The topological polar surface area (TPSA) is 40.2 Å². The second-order valence-electron chi connectivity index (χ2n) is 4.59. The van der Waals surface area contributed by atoms with E-state index in [0.717, 1.165) is 17.0 Å². The van der Waals surface area contributed by atoms with Gasteiger partial charge in [-0.1, -0.05) is 30.3 Å². The van der Waals surface area contributed by atoms with Crippen molar-refractivity contribution in [3.8, 4) is 11.4 Å². The van der Waals surface area contributed by atoms with Gasteiger partial charge < -0.3 is 15.0 Å². The molecule has 0 amide bonds. The summed E-state index contributed by atoms with van der Waals surface area (Å²) in [4.78, 5) is 0. The van der Waals surface area contributed by atoms with Crippen molar-refractivity contribution >= 4 is 5.69 Å². The average molecular weight is 264 g/mol. The van der Waals surface area contributed by atoms with Crippen LogP contribution in [0.3, 0.4) is 0 Å². The monoisotopic (exact) mass is 264 g/mol. The summed E-state index contributed by atoms with van der Waals surface area (Å²) in [6, 6.07) is 19.8. The number of aromatic nitrogens is 1. The van der Waals surface area contributed by atoms with E-state index in [2.05, 4.69) is 0 Å². The molecule has 0 atom stereocenters. The van der Waals surface area contributed by atoms with Crippen molar-refractivity contribution in [2.24, 2.45) is 0 Å². The fourth-order valence-electron chi connectivity index (χ4n) is 2.09. The van der Waals surface area contributed by atoms with E-state index in [1.807, 2.05) is 77.6 Å². The van der Waals surface area contributed by atoms with Crippen LogP contribution in [0.1, 0.15) is 5.56 Å². The summed E-state index contributed by atoms with van der Waals surface area (Å²) in [7, 11) is 0. The quantitative estimate of drug-likeness (QED) is 0.731. The summed E-state index contributed by atoms with van der Waals surface area (Å²) in [5, 5.41) is 0. The number of anilines is 1. The Morgan fingerprint density at radius 1 is 0.900 bits per heavy atom. The Labute approximate surface area is 118 Å². The molecule has 3 rings (SSSR count). The molecule has 0 unspecified atom stereocenters. The first-order valence-electron chi connectivity index (χ1n) is 6.52. The maximum Gasteiger partial charge on any atom is 0.122 e. The molecule has 3 aromatic rings. The maximum atomic E-state index is 6.08. The Balaban J connectivity index is 1.74. The number of nitrogen functional groups attached to an aromatic ring is 1. The van der Waals surface area contributed by atoms with Crippen LogP contribution in [0.4, 0.5) is 5.69 Å². The normalized spacial score (nSPS) is 10.4. The van der Waals surface area contributed by atoms with Crippen molar-refractivity contribution in [3.05, 3.63) is 78.6 Å². The third-order valence-corrected chi connectivity index (χ3v) is 3.13. The predicted octanol–water partition coefficient (Wildman–Crippen LogP) is 3.64. The summed E-state index contributed by atoms with van der Waals surface area (Å²) in [5.41, 5.74) is 8.88. The summed E-state index contributed by atoms with van der Waals surface area (Å²) in [6.07, 6.45) is 3.94. The molecular weight excluding hydrogens is 248 g/mol. The van der Waals surface area contributed by atoms with Gasteiger partial charge in [-0.05, 0) is 29.8 Å². The molecule has 0 aliphatic carbocycles. The van der Waals surface area contributed by atoms with Gasteiger partial charge in [0.15, 0.2) is 0 Å². The molecule has 0 bridgehead atoms. The van der Waals surface area contributed by atoms with Crippen molar-refractivity contribution < 1.29 is 4.74 Å². The van der Waals surface area contributed by atoms with Crippen molar-refractivity contribution in [1.82, 2.24) is 4.57 Å². The molecule has 3 heteroatoms. The maximum absolute atomic E-state index is 6.08. The fourth-order valence-corrected chi connectivity index (χ4v) is 2.09. The Hall–Kier alpha value is -2.68. The molecule has 0 spiro atoms. The van der Waals surface area contributed by atoms with Gasteiger partial charge in [0.25, 0.3) is 0 Å². The summed E-state index contributed by atoms with van der Waals surface area (Å²) < 4.78 is 7.74. The lowest BCUT2D eigenvalue weighted by molar-refractivity contribution is 0.306. The molecule has 3 nitrogen and oxygen atoms in total. The first-order chi connectivity index (χ1) is 9.83. The third-order valence-electron chi connectivity index (χ3n) is 3.13. The Kier molecular flexibility index (Phi) is 3.42. The summed E-state index contributed by atoms with van der Waals surface area (Å²) in [6.45, 7) is 0.545. The van der Waals surface area contributed by atoms with E-state index in [1.165, 1.54) is 0 Å². The zero-order valence-electron chi connectivity index (χ0n) is 11.1. The van der Waals surface area contributed by atoms with E-state index in [-0.39, 0.29) is 0 Å². The summed E-state index contributed by atoms with van der Waals surface area (Å²) >= 11 is 0. The molecule has 0 aliphatic heterocycles. The van der Waals surface area contributed by atoms with Crippen LogP contribution < -0.4 is 10.5 Å². The van der Waals surface area contributed by atoms with Crippen LogP contribution in [0.25, 0.3) is 5.69 Å². The van der Waals surface area contributed by atoms with Gasteiger partial charge in [-0.15, -0.1) is 0 Å². The van der Waals surface area contributed by atoms with Gasteiger partial charge in [-0.2, -0.15) is 0 Å². The van der Waals surface area contributed by atoms with E-state index >= 15 is 0 Å². The van der Waals surface area contributed by atoms with E-state index in [1.54, 1.807) is 0 Å². The molecule has 20 heavy (non-hydrogen) atoms. The van der Waals surface area contributed by atoms with Crippen molar-refractivity contribution in [2.45, 2.75) is 6.61 Å². The van der Waals surface area contributed by atoms with Crippen LogP contribution in [-0.2, 0) is 6.61 Å². The molecule has 0 saturated heterocycles. The molecule has 1 heterocycles. The van der Waals surface area contributed by atoms with Crippen molar-refractivity contribution in [3.63, 3.8) is 0 Å². The smallest absolute Gasteiger partial charge is 0.122 e. The van der Waals surface area contributed by atoms with E-state index in [9.17, 15) is 0 Å². The van der Waals surface area contributed by atoms with Crippen LogP contribution in [-0.4, -0.2) is 4.57 Å². The molecular formula is C17H16N2O. The molecule has 0 fully saturated rings. The lowest BCUT2D eigenvalue weighted by atomic mass is 10.2. The molecule has 1 aromatic heterocycles. The number of benzene rings is 2. The van der Waals surface area contributed by atoms with E-state index in [0.29, 0.717) is 12.3 Å². The van der Waals surface area contributed by atoms with Crippen molar-refractivity contribution in [1.29, 1.82) is 0 Å². The largest absolute Gasteiger partial charge is 0.489 e. The van der Waals surface area contributed by atoms with E-state index < -0.39 is 0 Å². The Bertz CT molecular complexity index is 675. The molecule has 0 radical (unpaired) electrons. The highest BCUT2D eigenvalue weighted by atomic mass is 16.5. The first kappa shape index (κ1) is 12.4. The second kappa shape index (κ2) is 5.53. The van der Waals surface area contributed by atoms with Gasteiger partial charge in [-0.25, -0.2) is 0 Å². The standard InChI is InChI=1S/C17H16N2O/c18-16-12-15(20-13-14-6-2-1-3-7-14)8-9-17(16)19-10-4-5-11-19/h1-12H,13,18H2. The highest BCUT2D eigenvalue weighted by Crippen LogP contribution is 2.24. The van der Waals surface area contributed by atoms with Gasteiger partial charge in [0.05, 0.1) is 11.4 Å². The second-order valence-corrected chi connectivity index (χ2v) is 4.59. The number of hydrogen-bond donors (Lipinski definition) is 1. The minimum Gasteiger partial charge on any atom is -0.489 e. The SMILES string of the molecule is Nc1cc(OCc2ccccc2)ccc1-n1cccc1. The highest BCUT2D eigenvalue weighted by Gasteiger charge is 2.03. The Morgan fingerprint density at radius 3 is 2.35 bits per heavy atom. The highest BCUT2D eigenvalue weighted by molar-refractivity contribution is 5.60. The third kappa shape index (κ3) is 2.67. The van der Waals surface area contributed by atoms with Crippen LogP contribution in [0.5, 0.6) is 5.75 Å². The van der Waals surface area contributed by atoms with Crippen molar-refractivity contribution in [2.75, 3.05) is 5.73 Å². The van der Waals surface area contributed by atoms with E-state index in [4.69, 9.17) is 10.5 Å². The lowest BCUT2D eigenvalue weighted by Crippen LogP contribution is -2.00. The zero-order chi connectivity index (χ0) is 13.8. The van der Waals surface area contributed by atoms with Crippen LogP contribution in [0.15, 0.2) is 73.1 Å². The lowest BCUT2D eigenvalue weighted by Gasteiger charge is -2.11. The van der Waals surface area contributed by atoms with Gasteiger partial charge in [0.1, 0.15) is 12.4 Å². The Morgan fingerprint density at radius 2 is 1.65 bits per heavy atom. The minimum atomic E-state index is 0.545. The zero-order valence-corrected chi connectivity index (χ0v) is 11.1. The summed E-state index contributed by atoms with van der Waals surface area (Å²) in [5.74, 6) is 0.780. The van der Waals surface area contributed by atoms with Gasteiger partial charge in [0, 0.05) is 18.5 Å². The fraction of sp³-hybridized carbons (Fsp3) is 0.0588. The van der Waals surface area contributed by atoms with Crippen LogP contribution in [0.2, 0.25) is 0 Å². The van der Waals surface area contributed by atoms with Gasteiger partial charge >= 0.3 is 0 Å². The number of hydrogen-bond acceptors (Lipinski definition) is 2. The number of ether oxygens (including phenoxy) is 1. The number of nitrogens with two attached hydrogens (primary N) is 1. The molecule has 100 valence electrons. The number of nitrogens with zero attached hydrogens (tertiary/aromatic N) is 1. The van der Waals surface area contributed by atoms with Crippen LogP contribution >= 0.6 is 0 Å². The minimum absolute atomic E-state index is 0.545.